The molecule has 1 aliphatic rings. The van der Waals surface area contributed by atoms with E-state index in [1.165, 1.54) is 5.69 Å². The molecule has 0 bridgehead atoms. The molecule has 0 unspecified atom stereocenters. The van der Waals surface area contributed by atoms with Gasteiger partial charge in [0.25, 0.3) is 0 Å². The molecule has 1 N–H and O–H groups in total. The van der Waals surface area contributed by atoms with Crippen LogP contribution in [0, 0.1) is 0 Å². The zero-order chi connectivity index (χ0) is 20.8. The first-order valence-electron chi connectivity index (χ1n) is 10.1. The van der Waals surface area contributed by atoms with Crippen molar-refractivity contribution in [2.75, 3.05) is 45.2 Å². The fourth-order valence-corrected chi connectivity index (χ4v) is 3.59. The smallest absolute Gasteiger partial charge is 0.226 e. The standard InChI is InChI=1S/C23H27N5O2/c1-24-23(25-16-19-17-30-22(26-19)18-7-4-3-5-8-18)28-13-11-27(12-14-28)20-9-6-10-21(15-20)29-2/h3-10,15,17H,11-14,16H2,1-2H3,(H,24,25). The number of nitrogens with zero attached hydrogens (tertiary/aromatic N) is 4. The predicted octanol–water partition coefficient (Wildman–Crippen LogP) is 3.25. The van der Waals surface area contributed by atoms with Gasteiger partial charge in [0, 0.05) is 50.5 Å². The molecule has 0 amide bonds. The van der Waals surface area contributed by atoms with Gasteiger partial charge >= 0.3 is 0 Å². The topological polar surface area (TPSA) is 66.1 Å². The third-order valence-electron chi connectivity index (χ3n) is 5.21. The van der Waals surface area contributed by atoms with Crippen molar-refractivity contribution >= 4 is 11.6 Å². The first-order chi connectivity index (χ1) is 14.8. The maximum Gasteiger partial charge on any atom is 0.226 e. The lowest BCUT2D eigenvalue weighted by molar-refractivity contribution is 0.371. The minimum Gasteiger partial charge on any atom is -0.497 e. The van der Waals surface area contributed by atoms with Crippen molar-refractivity contribution in [2.45, 2.75) is 6.54 Å². The van der Waals surface area contributed by atoms with Crippen LogP contribution in [0.15, 0.2) is 70.3 Å². The van der Waals surface area contributed by atoms with E-state index in [0.29, 0.717) is 12.4 Å². The minimum atomic E-state index is 0.569. The van der Waals surface area contributed by atoms with E-state index in [-0.39, 0.29) is 0 Å². The normalized spacial score (nSPS) is 14.7. The molecule has 2 heterocycles. The van der Waals surface area contributed by atoms with Gasteiger partial charge in [0.2, 0.25) is 5.89 Å². The number of aliphatic imine (C=N–C) groups is 1. The van der Waals surface area contributed by atoms with Crippen molar-refractivity contribution in [1.29, 1.82) is 0 Å². The molecule has 0 spiro atoms. The zero-order valence-electron chi connectivity index (χ0n) is 17.4. The average Bonchev–Trinajstić information content (AvgIpc) is 3.30. The van der Waals surface area contributed by atoms with Crippen LogP contribution in [0.1, 0.15) is 5.69 Å². The summed E-state index contributed by atoms with van der Waals surface area (Å²) in [5.41, 5.74) is 3.01. The van der Waals surface area contributed by atoms with Gasteiger partial charge in [0.1, 0.15) is 12.0 Å². The zero-order valence-corrected chi connectivity index (χ0v) is 17.4. The molecule has 7 heteroatoms. The highest BCUT2D eigenvalue weighted by Gasteiger charge is 2.20. The summed E-state index contributed by atoms with van der Waals surface area (Å²) in [6.45, 7) is 4.21. The van der Waals surface area contributed by atoms with Crippen LogP contribution in [0.4, 0.5) is 5.69 Å². The van der Waals surface area contributed by atoms with Gasteiger partial charge < -0.3 is 24.3 Å². The number of ether oxygens (including phenoxy) is 1. The highest BCUT2D eigenvalue weighted by atomic mass is 16.5. The van der Waals surface area contributed by atoms with Crippen LogP contribution >= 0.6 is 0 Å². The number of hydrogen-bond donors (Lipinski definition) is 1. The lowest BCUT2D eigenvalue weighted by Gasteiger charge is -2.37. The number of rotatable bonds is 5. The summed E-state index contributed by atoms with van der Waals surface area (Å²) in [5, 5.41) is 3.41. The Bertz CT molecular complexity index is 978. The van der Waals surface area contributed by atoms with E-state index in [0.717, 1.165) is 49.1 Å². The van der Waals surface area contributed by atoms with Crippen LogP contribution in [0.3, 0.4) is 0 Å². The van der Waals surface area contributed by atoms with Gasteiger partial charge in [-0.3, -0.25) is 4.99 Å². The molecule has 1 fully saturated rings. The van der Waals surface area contributed by atoms with Gasteiger partial charge in [0.05, 0.1) is 19.3 Å². The summed E-state index contributed by atoms with van der Waals surface area (Å²) in [5.74, 6) is 2.40. The molecule has 4 rings (SSSR count). The number of nitrogens with one attached hydrogen (secondary N) is 1. The summed E-state index contributed by atoms with van der Waals surface area (Å²) in [4.78, 5) is 13.7. The number of guanidine groups is 1. The second kappa shape index (κ2) is 9.35. The van der Waals surface area contributed by atoms with E-state index in [9.17, 15) is 0 Å². The van der Waals surface area contributed by atoms with Crippen molar-refractivity contribution in [3.05, 3.63) is 66.6 Å². The van der Waals surface area contributed by atoms with Crippen molar-refractivity contribution in [3.63, 3.8) is 0 Å². The molecule has 2 aromatic carbocycles. The highest BCUT2D eigenvalue weighted by molar-refractivity contribution is 5.80. The monoisotopic (exact) mass is 405 g/mol. The molecule has 0 saturated carbocycles. The van der Waals surface area contributed by atoms with Crippen LogP contribution in [0.2, 0.25) is 0 Å². The highest BCUT2D eigenvalue weighted by Crippen LogP contribution is 2.22. The molecule has 0 atom stereocenters. The van der Waals surface area contributed by atoms with E-state index in [1.54, 1.807) is 13.4 Å². The first-order valence-corrected chi connectivity index (χ1v) is 10.1. The molecule has 156 valence electrons. The lowest BCUT2D eigenvalue weighted by Crippen LogP contribution is -2.52. The SMILES string of the molecule is CN=C(NCc1coc(-c2ccccc2)n1)N1CCN(c2cccc(OC)c2)CC1. The Hall–Kier alpha value is -3.48. The third kappa shape index (κ3) is 4.56. The van der Waals surface area contributed by atoms with Gasteiger partial charge in [-0.15, -0.1) is 0 Å². The van der Waals surface area contributed by atoms with Crippen LogP contribution in [0.25, 0.3) is 11.5 Å². The Balaban J connectivity index is 1.32. The number of oxazole rings is 1. The Labute approximate surface area is 177 Å². The second-order valence-electron chi connectivity index (χ2n) is 7.09. The number of benzene rings is 2. The maximum atomic E-state index is 5.62. The fourth-order valence-electron chi connectivity index (χ4n) is 3.59. The molecule has 0 aliphatic carbocycles. The number of anilines is 1. The second-order valence-corrected chi connectivity index (χ2v) is 7.09. The molecule has 1 aliphatic heterocycles. The Morgan fingerprint density at radius 3 is 2.63 bits per heavy atom. The van der Waals surface area contributed by atoms with Crippen LogP contribution < -0.4 is 15.0 Å². The summed E-state index contributed by atoms with van der Waals surface area (Å²) in [6.07, 6.45) is 1.70. The Morgan fingerprint density at radius 2 is 1.90 bits per heavy atom. The number of methoxy groups -OCH3 is 1. The van der Waals surface area contributed by atoms with Gasteiger partial charge in [-0.2, -0.15) is 0 Å². The van der Waals surface area contributed by atoms with E-state index < -0.39 is 0 Å². The maximum absolute atomic E-state index is 5.62. The van der Waals surface area contributed by atoms with Crippen molar-refractivity contribution in [3.8, 4) is 17.2 Å². The summed E-state index contributed by atoms with van der Waals surface area (Å²) in [7, 11) is 3.51. The van der Waals surface area contributed by atoms with Crippen LogP contribution in [-0.2, 0) is 6.54 Å². The molecule has 0 radical (unpaired) electrons. The van der Waals surface area contributed by atoms with Crippen LogP contribution in [0.5, 0.6) is 5.75 Å². The first kappa shape index (κ1) is 19.8. The minimum absolute atomic E-state index is 0.569. The number of piperazine rings is 1. The van der Waals surface area contributed by atoms with E-state index >= 15 is 0 Å². The largest absolute Gasteiger partial charge is 0.497 e. The van der Waals surface area contributed by atoms with E-state index in [2.05, 4.69) is 37.2 Å². The van der Waals surface area contributed by atoms with Crippen molar-refractivity contribution in [1.82, 2.24) is 15.2 Å². The fraction of sp³-hybridized carbons (Fsp3) is 0.304. The molecule has 1 saturated heterocycles. The van der Waals surface area contributed by atoms with Gasteiger partial charge in [-0.25, -0.2) is 4.98 Å². The quantitative estimate of drug-likeness (QED) is 0.519. The third-order valence-corrected chi connectivity index (χ3v) is 5.21. The van der Waals surface area contributed by atoms with Gasteiger partial charge in [-0.1, -0.05) is 24.3 Å². The Morgan fingerprint density at radius 1 is 1.10 bits per heavy atom. The summed E-state index contributed by atoms with van der Waals surface area (Å²) in [6, 6.07) is 18.1. The molecular formula is C23H27N5O2. The van der Waals surface area contributed by atoms with Crippen molar-refractivity contribution < 1.29 is 9.15 Å². The van der Waals surface area contributed by atoms with Gasteiger partial charge in [0.15, 0.2) is 5.96 Å². The summed E-state index contributed by atoms with van der Waals surface area (Å²) < 4.78 is 11.0. The van der Waals surface area contributed by atoms with E-state index in [4.69, 9.17) is 9.15 Å². The van der Waals surface area contributed by atoms with Gasteiger partial charge in [-0.05, 0) is 24.3 Å². The molecule has 7 nitrogen and oxygen atoms in total. The van der Waals surface area contributed by atoms with E-state index in [1.807, 2.05) is 49.5 Å². The molecular weight excluding hydrogens is 378 g/mol. The lowest BCUT2D eigenvalue weighted by atomic mass is 10.2. The Kier molecular flexibility index (Phi) is 6.17. The molecule has 30 heavy (non-hydrogen) atoms. The number of aromatic nitrogens is 1. The van der Waals surface area contributed by atoms with Crippen LogP contribution in [-0.4, -0.2) is 56.2 Å². The molecule has 1 aromatic heterocycles. The predicted molar refractivity (Wildman–Crippen MR) is 119 cm³/mol. The number of hydrogen-bond acceptors (Lipinski definition) is 5. The van der Waals surface area contributed by atoms with Crippen molar-refractivity contribution in [2.24, 2.45) is 4.99 Å². The summed E-state index contributed by atoms with van der Waals surface area (Å²) >= 11 is 0. The average molecular weight is 406 g/mol. The molecule has 3 aromatic rings.